The van der Waals surface area contributed by atoms with Crippen LogP contribution < -0.4 is 0 Å². The molecule has 94 valence electrons. The molecule has 1 saturated heterocycles. The van der Waals surface area contributed by atoms with Gasteiger partial charge in [0.25, 0.3) is 0 Å². The van der Waals surface area contributed by atoms with Gasteiger partial charge in [-0.15, -0.1) is 0 Å². The first kappa shape index (κ1) is 13.0. The molecule has 1 heterocycles. The normalized spacial score (nSPS) is 19.8. The zero-order valence-corrected chi connectivity index (χ0v) is 11.6. The Morgan fingerprint density at radius 2 is 2.06 bits per heavy atom. The predicted octanol–water partition coefficient (Wildman–Crippen LogP) is 3.93. The number of phenolic OH excluding ortho intramolecular Hbond substituents is 1. The third kappa shape index (κ3) is 3.06. The topological polar surface area (TPSA) is 23.5 Å². The number of benzene rings is 1. The lowest BCUT2D eigenvalue weighted by atomic mass is 9.93. The van der Waals surface area contributed by atoms with E-state index in [1.165, 1.54) is 6.42 Å². The number of aromatic hydroxyl groups is 1. The lowest BCUT2D eigenvalue weighted by Gasteiger charge is -2.20. The summed E-state index contributed by atoms with van der Waals surface area (Å²) in [7, 11) is 0. The lowest BCUT2D eigenvalue weighted by molar-refractivity contribution is 0.280. The monoisotopic (exact) mass is 273 g/mol. The summed E-state index contributed by atoms with van der Waals surface area (Å²) in [5, 5.41) is 10.8. The Kier molecular flexibility index (Phi) is 3.58. The number of halogens is 2. The van der Waals surface area contributed by atoms with Gasteiger partial charge in [-0.3, -0.25) is 4.90 Å². The summed E-state index contributed by atoms with van der Waals surface area (Å²) in [6.07, 6.45) is 1.18. The van der Waals surface area contributed by atoms with Crippen LogP contribution >= 0.6 is 23.2 Å². The van der Waals surface area contributed by atoms with Crippen LogP contribution in [0.3, 0.4) is 0 Å². The molecule has 1 aliphatic rings. The smallest absolute Gasteiger partial charge is 0.138 e. The first-order valence-electron chi connectivity index (χ1n) is 5.77. The molecule has 2 rings (SSSR count). The molecular weight excluding hydrogens is 257 g/mol. The summed E-state index contributed by atoms with van der Waals surface area (Å²) in [6.45, 7) is 7.32. The predicted molar refractivity (Wildman–Crippen MR) is 71.8 cm³/mol. The highest BCUT2D eigenvalue weighted by Crippen LogP contribution is 2.35. The van der Waals surface area contributed by atoms with Crippen molar-refractivity contribution < 1.29 is 5.11 Å². The van der Waals surface area contributed by atoms with Gasteiger partial charge in [0.05, 0.1) is 5.02 Å². The maximum atomic E-state index is 9.90. The molecule has 0 spiro atoms. The van der Waals surface area contributed by atoms with E-state index in [0.29, 0.717) is 22.0 Å². The molecule has 0 amide bonds. The van der Waals surface area contributed by atoms with E-state index in [9.17, 15) is 5.11 Å². The fraction of sp³-hybridized carbons (Fsp3) is 0.538. The molecule has 4 heteroatoms. The van der Waals surface area contributed by atoms with Crippen molar-refractivity contribution in [2.45, 2.75) is 26.8 Å². The molecule has 1 aromatic carbocycles. The Morgan fingerprint density at radius 3 is 2.65 bits per heavy atom. The Bertz CT molecular complexity index is 432. The second-order valence-corrected chi connectivity index (χ2v) is 6.36. The van der Waals surface area contributed by atoms with E-state index in [1.54, 1.807) is 12.1 Å². The van der Waals surface area contributed by atoms with E-state index in [0.717, 1.165) is 18.7 Å². The molecule has 0 aliphatic carbocycles. The third-order valence-corrected chi connectivity index (χ3v) is 3.76. The van der Waals surface area contributed by atoms with Crippen LogP contribution in [-0.4, -0.2) is 23.1 Å². The molecule has 2 nitrogen and oxygen atoms in total. The van der Waals surface area contributed by atoms with Crippen molar-refractivity contribution in [2.24, 2.45) is 5.41 Å². The van der Waals surface area contributed by atoms with Gasteiger partial charge in [0, 0.05) is 23.7 Å². The minimum absolute atomic E-state index is 0.153. The van der Waals surface area contributed by atoms with Gasteiger partial charge in [-0.1, -0.05) is 37.0 Å². The van der Waals surface area contributed by atoms with E-state index in [2.05, 4.69) is 18.7 Å². The average Bonchev–Trinajstić information content (AvgIpc) is 2.54. The van der Waals surface area contributed by atoms with Gasteiger partial charge in [0.2, 0.25) is 0 Å². The zero-order valence-electron chi connectivity index (χ0n) is 10.1. The lowest BCUT2D eigenvalue weighted by Crippen LogP contribution is -2.22. The van der Waals surface area contributed by atoms with Gasteiger partial charge < -0.3 is 5.11 Å². The van der Waals surface area contributed by atoms with Crippen LogP contribution in [0.2, 0.25) is 10.0 Å². The number of hydrogen-bond donors (Lipinski definition) is 1. The van der Waals surface area contributed by atoms with Gasteiger partial charge >= 0.3 is 0 Å². The fourth-order valence-electron chi connectivity index (χ4n) is 2.34. The van der Waals surface area contributed by atoms with Gasteiger partial charge in [-0.25, -0.2) is 0 Å². The molecule has 0 saturated carbocycles. The molecule has 1 fully saturated rings. The molecule has 0 bridgehead atoms. The molecule has 1 N–H and O–H groups in total. The molecule has 0 unspecified atom stereocenters. The van der Waals surface area contributed by atoms with E-state index in [1.807, 2.05) is 0 Å². The van der Waals surface area contributed by atoms with Crippen molar-refractivity contribution in [3.8, 4) is 5.75 Å². The van der Waals surface area contributed by atoms with E-state index >= 15 is 0 Å². The molecule has 1 aromatic rings. The Balaban J connectivity index is 2.14. The molecule has 17 heavy (non-hydrogen) atoms. The van der Waals surface area contributed by atoms with Crippen LogP contribution in [0.15, 0.2) is 12.1 Å². The van der Waals surface area contributed by atoms with Crippen LogP contribution in [0.25, 0.3) is 0 Å². The number of hydrogen-bond acceptors (Lipinski definition) is 2. The summed E-state index contributed by atoms with van der Waals surface area (Å²) in [5.74, 6) is 0.153. The van der Waals surface area contributed by atoms with Crippen LogP contribution in [0, 0.1) is 5.41 Å². The van der Waals surface area contributed by atoms with Gasteiger partial charge in [0.15, 0.2) is 0 Å². The summed E-state index contributed by atoms with van der Waals surface area (Å²) in [6, 6.07) is 3.35. The third-order valence-electron chi connectivity index (χ3n) is 3.26. The van der Waals surface area contributed by atoms with Gasteiger partial charge in [-0.05, 0) is 30.5 Å². The molecule has 0 aromatic heterocycles. The molecule has 1 aliphatic heterocycles. The molecular formula is C13H17Cl2NO. The highest BCUT2D eigenvalue weighted by Gasteiger charge is 2.29. The van der Waals surface area contributed by atoms with Crippen LogP contribution in [0.4, 0.5) is 0 Å². The van der Waals surface area contributed by atoms with E-state index in [-0.39, 0.29) is 5.75 Å². The van der Waals surface area contributed by atoms with E-state index < -0.39 is 0 Å². The van der Waals surface area contributed by atoms with Crippen molar-refractivity contribution in [3.63, 3.8) is 0 Å². The van der Waals surface area contributed by atoms with Crippen molar-refractivity contribution in [1.82, 2.24) is 4.90 Å². The standard InChI is InChI=1S/C13H17Cl2NO/c1-13(2)3-4-16(8-13)7-9-5-10(14)6-11(15)12(9)17/h5-6,17H,3-4,7-8H2,1-2H3. The van der Waals surface area contributed by atoms with Crippen molar-refractivity contribution >= 4 is 23.2 Å². The SMILES string of the molecule is CC1(C)CCN(Cc2cc(Cl)cc(Cl)c2O)C1. The Hall–Kier alpha value is -0.440. The minimum Gasteiger partial charge on any atom is -0.506 e. The van der Waals surface area contributed by atoms with Crippen molar-refractivity contribution in [3.05, 3.63) is 27.7 Å². The minimum atomic E-state index is 0.153. The number of phenols is 1. The maximum Gasteiger partial charge on any atom is 0.138 e. The maximum absolute atomic E-state index is 9.90. The second-order valence-electron chi connectivity index (χ2n) is 5.52. The van der Waals surface area contributed by atoms with Gasteiger partial charge in [0.1, 0.15) is 5.75 Å². The average molecular weight is 274 g/mol. The summed E-state index contributed by atoms with van der Waals surface area (Å²) in [4.78, 5) is 2.32. The van der Waals surface area contributed by atoms with Crippen molar-refractivity contribution in [2.75, 3.05) is 13.1 Å². The van der Waals surface area contributed by atoms with Crippen LogP contribution in [0.1, 0.15) is 25.8 Å². The number of nitrogens with zero attached hydrogens (tertiary/aromatic N) is 1. The van der Waals surface area contributed by atoms with E-state index in [4.69, 9.17) is 23.2 Å². The van der Waals surface area contributed by atoms with Crippen molar-refractivity contribution in [1.29, 1.82) is 0 Å². The molecule has 0 atom stereocenters. The number of likely N-dealkylation sites (tertiary alicyclic amines) is 1. The summed E-state index contributed by atoms with van der Waals surface area (Å²) >= 11 is 11.9. The first-order valence-corrected chi connectivity index (χ1v) is 6.52. The summed E-state index contributed by atoms with van der Waals surface area (Å²) in [5.41, 5.74) is 1.16. The molecule has 0 radical (unpaired) electrons. The Morgan fingerprint density at radius 1 is 1.35 bits per heavy atom. The van der Waals surface area contributed by atoms with Crippen LogP contribution in [-0.2, 0) is 6.54 Å². The Labute approximate surface area is 112 Å². The largest absolute Gasteiger partial charge is 0.506 e. The highest BCUT2D eigenvalue weighted by atomic mass is 35.5. The number of rotatable bonds is 2. The van der Waals surface area contributed by atoms with Crippen LogP contribution in [0.5, 0.6) is 5.75 Å². The quantitative estimate of drug-likeness (QED) is 0.883. The zero-order chi connectivity index (χ0) is 12.6. The summed E-state index contributed by atoms with van der Waals surface area (Å²) < 4.78 is 0. The highest BCUT2D eigenvalue weighted by molar-refractivity contribution is 6.35. The second kappa shape index (κ2) is 4.68. The van der Waals surface area contributed by atoms with Gasteiger partial charge in [-0.2, -0.15) is 0 Å². The fourth-order valence-corrected chi connectivity index (χ4v) is 2.88. The first-order chi connectivity index (χ1) is 7.87.